The van der Waals surface area contributed by atoms with Gasteiger partial charge in [0.25, 0.3) is 0 Å². The van der Waals surface area contributed by atoms with Crippen LogP contribution in [0.5, 0.6) is 0 Å². The third-order valence-electron chi connectivity index (χ3n) is 2.54. The molecule has 2 nitrogen and oxygen atoms in total. The Kier molecular flexibility index (Phi) is 3.44. The summed E-state index contributed by atoms with van der Waals surface area (Å²) in [5, 5.41) is 12.6. The van der Waals surface area contributed by atoms with E-state index in [1.807, 2.05) is 41.8 Å². The quantitative estimate of drug-likeness (QED) is 0.915. The lowest BCUT2D eigenvalue weighted by Gasteiger charge is -2.26. The summed E-state index contributed by atoms with van der Waals surface area (Å²) < 4.78 is 0.898. The van der Waals surface area contributed by atoms with E-state index in [4.69, 9.17) is 5.73 Å². The van der Waals surface area contributed by atoms with E-state index in [1.165, 1.54) is 11.3 Å². The molecule has 0 aliphatic rings. The Morgan fingerprint density at radius 1 is 1.25 bits per heavy atom. The minimum Gasteiger partial charge on any atom is -0.378 e. The summed E-state index contributed by atoms with van der Waals surface area (Å²) in [5.74, 6) is 0. The zero-order chi connectivity index (χ0) is 11.6. The molecule has 0 saturated carbocycles. The van der Waals surface area contributed by atoms with E-state index in [9.17, 15) is 5.11 Å². The highest BCUT2D eigenvalue weighted by molar-refractivity contribution is 9.10. The SMILES string of the molecule is NCC(O)(c1ccccc1)c1sccc1Br. The van der Waals surface area contributed by atoms with Gasteiger partial charge in [0.05, 0.1) is 4.88 Å². The van der Waals surface area contributed by atoms with E-state index in [1.54, 1.807) is 0 Å². The number of nitrogens with two attached hydrogens (primary N) is 1. The Labute approximate surface area is 107 Å². The number of benzene rings is 1. The molecule has 0 bridgehead atoms. The molecule has 2 aromatic rings. The first-order chi connectivity index (χ1) is 7.68. The van der Waals surface area contributed by atoms with Gasteiger partial charge in [0.1, 0.15) is 5.60 Å². The molecule has 3 N–H and O–H groups in total. The average molecular weight is 298 g/mol. The van der Waals surface area contributed by atoms with Gasteiger partial charge in [-0.2, -0.15) is 0 Å². The van der Waals surface area contributed by atoms with E-state index < -0.39 is 5.60 Å². The number of hydrogen-bond acceptors (Lipinski definition) is 3. The molecular formula is C12H12BrNOS. The highest BCUT2D eigenvalue weighted by Gasteiger charge is 2.32. The number of rotatable bonds is 3. The van der Waals surface area contributed by atoms with Crippen LogP contribution in [0.25, 0.3) is 0 Å². The standard InChI is InChI=1S/C12H12BrNOS/c13-10-6-7-16-11(10)12(15,8-14)9-4-2-1-3-5-9/h1-7,15H,8,14H2. The maximum atomic E-state index is 10.7. The molecule has 1 atom stereocenters. The van der Waals surface area contributed by atoms with Gasteiger partial charge in [0.15, 0.2) is 0 Å². The number of aliphatic hydroxyl groups is 1. The zero-order valence-corrected chi connectivity index (χ0v) is 11.0. The fraction of sp³-hybridized carbons (Fsp3) is 0.167. The van der Waals surface area contributed by atoms with Crippen LogP contribution in [0.15, 0.2) is 46.3 Å². The van der Waals surface area contributed by atoms with Crippen molar-refractivity contribution in [3.63, 3.8) is 0 Å². The lowest BCUT2D eigenvalue weighted by atomic mass is 9.92. The van der Waals surface area contributed by atoms with E-state index in [-0.39, 0.29) is 6.54 Å². The van der Waals surface area contributed by atoms with Crippen LogP contribution in [0, 0.1) is 0 Å². The van der Waals surface area contributed by atoms with Crippen molar-refractivity contribution in [3.8, 4) is 0 Å². The molecule has 0 aliphatic carbocycles. The Balaban J connectivity index is 2.53. The monoisotopic (exact) mass is 297 g/mol. The molecule has 1 aromatic carbocycles. The highest BCUT2D eigenvalue weighted by Crippen LogP contribution is 2.37. The van der Waals surface area contributed by atoms with Gasteiger partial charge in [-0.3, -0.25) is 0 Å². The second-order valence-electron chi connectivity index (χ2n) is 3.53. The predicted molar refractivity (Wildman–Crippen MR) is 70.5 cm³/mol. The van der Waals surface area contributed by atoms with Gasteiger partial charge in [-0.05, 0) is 32.9 Å². The van der Waals surface area contributed by atoms with Crippen molar-refractivity contribution in [2.45, 2.75) is 5.60 Å². The maximum Gasteiger partial charge on any atom is 0.137 e. The molecule has 0 amide bonds. The topological polar surface area (TPSA) is 46.2 Å². The van der Waals surface area contributed by atoms with Gasteiger partial charge in [-0.1, -0.05) is 30.3 Å². The van der Waals surface area contributed by atoms with Crippen LogP contribution < -0.4 is 5.73 Å². The first kappa shape index (κ1) is 11.8. The van der Waals surface area contributed by atoms with Crippen molar-refractivity contribution >= 4 is 27.3 Å². The summed E-state index contributed by atoms with van der Waals surface area (Å²) >= 11 is 4.93. The van der Waals surface area contributed by atoms with E-state index >= 15 is 0 Å². The Hall–Kier alpha value is -0.680. The number of thiophene rings is 1. The molecule has 4 heteroatoms. The van der Waals surface area contributed by atoms with Crippen molar-refractivity contribution < 1.29 is 5.11 Å². The minimum absolute atomic E-state index is 0.163. The molecule has 0 spiro atoms. The number of halogens is 1. The van der Waals surface area contributed by atoms with Crippen molar-refractivity contribution in [2.75, 3.05) is 6.54 Å². The third kappa shape index (κ3) is 1.94. The summed E-state index contributed by atoms with van der Waals surface area (Å²) in [6.07, 6.45) is 0. The van der Waals surface area contributed by atoms with Crippen molar-refractivity contribution in [3.05, 3.63) is 56.7 Å². The van der Waals surface area contributed by atoms with Gasteiger partial charge in [0, 0.05) is 11.0 Å². The maximum absolute atomic E-state index is 10.7. The van der Waals surface area contributed by atoms with Gasteiger partial charge in [0.2, 0.25) is 0 Å². The van der Waals surface area contributed by atoms with Crippen LogP contribution in [0.1, 0.15) is 10.4 Å². The summed E-state index contributed by atoms with van der Waals surface area (Å²) in [4.78, 5) is 0.848. The lowest BCUT2D eigenvalue weighted by Crippen LogP contribution is -2.35. The molecule has 16 heavy (non-hydrogen) atoms. The second kappa shape index (κ2) is 4.67. The van der Waals surface area contributed by atoms with Crippen LogP contribution in [0.3, 0.4) is 0 Å². The smallest absolute Gasteiger partial charge is 0.137 e. The predicted octanol–water partition coefficient (Wildman–Crippen LogP) is 2.71. The van der Waals surface area contributed by atoms with Gasteiger partial charge < -0.3 is 10.8 Å². The fourth-order valence-corrected chi connectivity index (χ4v) is 3.48. The van der Waals surface area contributed by atoms with Crippen molar-refractivity contribution in [1.82, 2.24) is 0 Å². The summed E-state index contributed by atoms with van der Waals surface area (Å²) in [6.45, 7) is 0.163. The Morgan fingerprint density at radius 2 is 1.94 bits per heavy atom. The molecule has 0 saturated heterocycles. The largest absolute Gasteiger partial charge is 0.378 e. The molecule has 0 fully saturated rings. The molecule has 0 aliphatic heterocycles. The van der Waals surface area contributed by atoms with Crippen molar-refractivity contribution in [1.29, 1.82) is 0 Å². The molecule has 2 rings (SSSR count). The molecule has 1 aromatic heterocycles. The normalized spacial score (nSPS) is 14.7. The van der Waals surface area contributed by atoms with E-state index in [2.05, 4.69) is 15.9 Å². The van der Waals surface area contributed by atoms with Gasteiger partial charge in [-0.15, -0.1) is 11.3 Å². The summed E-state index contributed by atoms with van der Waals surface area (Å²) in [5.41, 5.74) is 5.45. The van der Waals surface area contributed by atoms with Crippen LogP contribution in [0.4, 0.5) is 0 Å². The van der Waals surface area contributed by atoms with Crippen LogP contribution in [-0.2, 0) is 5.60 Å². The Morgan fingerprint density at radius 3 is 2.44 bits per heavy atom. The first-order valence-corrected chi connectivity index (χ1v) is 6.57. The molecule has 1 unspecified atom stereocenters. The zero-order valence-electron chi connectivity index (χ0n) is 8.56. The van der Waals surface area contributed by atoms with Crippen LogP contribution in [-0.4, -0.2) is 11.7 Å². The van der Waals surface area contributed by atoms with Crippen LogP contribution >= 0.6 is 27.3 Å². The molecule has 0 radical (unpaired) electrons. The number of hydrogen-bond donors (Lipinski definition) is 2. The molecule has 1 heterocycles. The second-order valence-corrected chi connectivity index (χ2v) is 5.30. The third-order valence-corrected chi connectivity index (χ3v) is 4.53. The van der Waals surface area contributed by atoms with Gasteiger partial charge in [-0.25, -0.2) is 0 Å². The first-order valence-electron chi connectivity index (χ1n) is 4.90. The van der Waals surface area contributed by atoms with Crippen LogP contribution in [0.2, 0.25) is 0 Å². The fourth-order valence-electron chi connectivity index (χ4n) is 1.64. The summed E-state index contributed by atoms with van der Waals surface area (Å²) in [6, 6.07) is 11.4. The average Bonchev–Trinajstić information content (AvgIpc) is 2.76. The van der Waals surface area contributed by atoms with E-state index in [0.29, 0.717) is 0 Å². The highest BCUT2D eigenvalue weighted by atomic mass is 79.9. The van der Waals surface area contributed by atoms with Crippen molar-refractivity contribution in [2.24, 2.45) is 5.73 Å². The molecular weight excluding hydrogens is 286 g/mol. The molecule has 84 valence electrons. The summed E-state index contributed by atoms with van der Waals surface area (Å²) in [7, 11) is 0. The minimum atomic E-state index is -1.10. The van der Waals surface area contributed by atoms with E-state index in [0.717, 1.165) is 14.9 Å². The Bertz CT molecular complexity index is 471. The lowest BCUT2D eigenvalue weighted by molar-refractivity contribution is 0.0934. The van der Waals surface area contributed by atoms with Gasteiger partial charge >= 0.3 is 0 Å².